The van der Waals surface area contributed by atoms with E-state index < -0.39 is 10.0 Å². The van der Waals surface area contributed by atoms with Crippen molar-refractivity contribution in [3.63, 3.8) is 0 Å². The predicted molar refractivity (Wildman–Crippen MR) is 155 cm³/mol. The minimum Gasteiger partial charge on any atom is -0.365 e. The van der Waals surface area contributed by atoms with Crippen LogP contribution in [0.5, 0.6) is 0 Å². The van der Waals surface area contributed by atoms with Crippen LogP contribution >= 0.6 is 22.7 Å². The van der Waals surface area contributed by atoms with E-state index in [2.05, 4.69) is 42.8 Å². The lowest BCUT2D eigenvalue weighted by Crippen LogP contribution is -2.50. The average Bonchev–Trinajstić information content (AvgIpc) is 3.72. The molecule has 1 N–H and O–H groups in total. The van der Waals surface area contributed by atoms with Gasteiger partial charge in [0.15, 0.2) is 5.76 Å². The first-order chi connectivity index (χ1) is 19.2. The van der Waals surface area contributed by atoms with Gasteiger partial charge in [0, 0.05) is 55.8 Å². The summed E-state index contributed by atoms with van der Waals surface area (Å²) in [6, 6.07) is 5.32. The van der Waals surface area contributed by atoms with Crippen LogP contribution in [-0.4, -0.2) is 76.7 Å². The number of nitrogens with zero attached hydrogens (tertiary/aromatic N) is 6. The highest BCUT2D eigenvalue weighted by molar-refractivity contribution is 7.91. The van der Waals surface area contributed by atoms with E-state index in [-0.39, 0.29) is 6.04 Å². The fraction of sp³-hybridized carbons (Fsp3) is 0.385. The molecular formula is C26H29N7O4S3. The van der Waals surface area contributed by atoms with Crippen LogP contribution in [0.3, 0.4) is 0 Å². The van der Waals surface area contributed by atoms with Crippen molar-refractivity contribution in [2.24, 2.45) is 0 Å². The van der Waals surface area contributed by atoms with Crippen molar-refractivity contribution in [2.75, 3.05) is 38.0 Å². The van der Waals surface area contributed by atoms with Crippen molar-refractivity contribution < 1.29 is 17.5 Å². The Kier molecular flexibility index (Phi) is 7.21. The SMILES string of the molecule is Cc1cc(-c2ccc(S(=O)(=O)N3CCN(C[C@H](C)Nc4ncnc5c(-c6c(C)noc6C)csc45)CC3)s2)on1. The third-order valence-electron chi connectivity index (χ3n) is 6.95. The minimum absolute atomic E-state index is 0.0936. The topological polar surface area (TPSA) is 130 Å². The van der Waals surface area contributed by atoms with Gasteiger partial charge in [0.25, 0.3) is 10.0 Å². The van der Waals surface area contributed by atoms with Crippen LogP contribution in [0.25, 0.3) is 32.0 Å². The lowest BCUT2D eigenvalue weighted by molar-refractivity contribution is 0.184. The normalized spacial score (nSPS) is 16.1. The van der Waals surface area contributed by atoms with E-state index in [1.165, 1.54) is 11.3 Å². The van der Waals surface area contributed by atoms with Gasteiger partial charge >= 0.3 is 0 Å². The molecule has 1 saturated heterocycles. The van der Waals surface area contributed by atoms with Crippen LogP contribution < -0.4 is 5.32 Å². The highest BCUT2D eigenvalue weighted by Gasteiger charge is 2.30. The smallest absolute Gasteiger partial charge is 0.252 e. The largest absolute Gasteiger partial charge is 0.365 e. The van der Waals surface area contributed by atoms with Gasteiger partial charge in [0.05, 0.1) is 32.0 Å². The molecule has 1 fully saturated rings. The van der Waals surface area contributed by atoms with E-state index in [0.29, 0.717) is 36.1 Å². The second kappa shape index (κ2) is 10.7. The van der Waals surface area contributed by atoms with E-state index in [4.69, 9.17) is 9.05 Å². The molecule has 40 heavy (non-hydrogen) atoms. The second-order valence-electron chi connectivity index (χ2n) is 9.95. The van der Waals surface area contributed by atoms with Gasteiger partial charge in [-0.2, -0.15) is 4.31 Å². The molecule has 1 aliphatic heterocycles. The van der Waals surface area contributed by atoms with Crippen LogP contribution in [0.2, 0.25) is 0 Å². The summed E-state index contributed by atoms with van der Waals surface area (Å²) in [4.78, 5) is 12.1. The van der Waals surface area contributed by atoms with Crippen LogP contribution in [-0.2, 0) is 10.0 Å². The number of thiophene rings is 2. The molecule has 0 bridgehead atoms. The van der Waals surface area contributed by atoms with E-state index in [1.807, 2.05) is 20.8 Å². The molecule has 1 atom stereocenters. The number of rotatable bonds is 8. The van der Waals surface area contributed by atoms with Crippen LogP contribution in [0.1, 0.15) is 24.1 Å². The van der Waals surface area contributed by atoms with Gasteiger partial charge in [-0.25, -0.2) is 18.4 Å². The number of piperazine rings is 1. The molecule has 0 aliphatic carbocycles. The first kappa shape index (κ1) is 27.0. The Hall–Kier alpha value is -3.17. The van der Waals surface area contributed by atoms with Crippen molar-refractivity contribution in [2.45, 2.75) is 37.9 Å². The van der Waals surface area contributed by atoms with Gasteiger partial charge in [-0.15, -0.1) is 22.7 Å². The molecule has 11 nitrogen and oxygen atoms in total. The summed E-state index contributed by atoms with van der Waals surface area (Å²) in [5, 5.41) is 13.6. The average molecular weight is 600 g/mol. The number of hydrogen-bond donors (Lipinski definition) is 1. The summed E-state index contributed by atoms with van der Waals surface area (Å²) in [5.74, 6) is 2.14. The molecule has 0 spiro atoms. The molecule has 1 aliphatic rings. The lowest BCUT2D eigenvalue weighted by atomic mass is 10.1. The Morgan fingerprint density at radius 3 is 2.58 bits per heavy atom. The number of aryl methyl sites for hydroxylation is 3. The molecule has 6 rings (SSSR count). The molecule has 6 heterocycles. The molecule has 5 aromatic heterocycles. The van der Waals surface area contributed by atoms with Crippen molar-refractivity contribution >= 4 is 48.7 Å². The van der Waals surface area contributed by atoms with Gasteiger partial charge in [0.2, 0.25) is 0 Å². The lowest BCUT2D eigenvalue weighted by Gasteiger charge is -2.35. The summed E-state index contributed by atoms with van der Waals surface area (Å²) in [6.07, 6.45) is 1.58. The highest BCUT2D eigenvalue weighted by Crippen LogP contribution is 2.38. The van der Waals surface area contributed by atoms with Crippen LogP contribution in [0.4, 0.5) is 5.82 Å². The minimum atomic E-state index is -3.57. The standard InChI is InChI=1S/C26H29N7O4S3/c1-15-11-20(37-30-15)21-5-6-22(39-21)40(34,35)33-9-7-32(8-10-33)12-16(2)29-26-25-24(27-14-28-26)19(13-38-25)23-17(3)31-36-18(23)4/h5-6,11,13-14,16H,7-10,12H2,1-4H3,(H,27,28,29)/t16-/m0/s1. The summed E-state index contributed by atoms with van der Waals surface area (Å²) in [6.45, 7) is 10.7. The third-order valence-corrected chi connectivity index (χ3v) is 11.4. The van der Waals surface area contributed by atoms with E-state index >= 15 is 0 Å². The number of aromatic nitrogens is 4. The maximum atomic E-state index is 13.3. The van der Waals surface area contributed by atoms with Gasteiger partial charge < -0.3 is 14.4 Å². The molecule has 0 unspecified atom stereocenters. The molecule has 5 aromatic rings. The fourth-order valence-electron chi connectivity index (χ4n) is 5.02. The molecule has 0 aromatic carbocycles. The summed E-state index contributed by atoms with van der Waals surface area (Å²) in [7, 11) is -3.57. The molecule has 0 radical (unpaired) electrons. The Bertz CT molecular complexity index is 1740. The third kappa shape index (κ3) is 5.05. The molecular weight excluding hydrogens is 571 g/mol. The molecule has 0 amide bonds. The Morgan fingerprint density at radius 2 is 1.88 bits per heavy atom. The van der Waals surface area contributed by atoms with Gasteiger partial charge in [0.1, 0.15) is 22.1 Å². The van der Waals surface area contributed by atoms with Gasteiger partial charge in [-0.05, 0) is 39.8 Å². The van der Waals surface area contributed by atoms with E-state index in [1.54, 1.807) is 40.2 Å². The zero-order valence-corrected chi connectivity index (χ0v) is 25.0. The number of anilines is 1. The molecule has 210 valence electrons. The number of hydrogen-bond acceptors (Lipinski definition) is 12. The van der Waals surface area contributed by atoms with E-state index in [0.717, 1.165) is 55.7 Å². The van der Waals surface area contributed by atoms with Gasteiger partial charge in [-0.1, -0.05) is 10.3 Å². The Labute approximate surface area is 239 Å². The maximum Gasteiger partial charge on any atom is 0.252 e. The van der Waals surface area contributed by atoms with Crippen LogP contribution in [0, 0.1) is 20.8 Å². The van der Waals surface area contributed by atoms with Gasteiger partial charge in [-0.3, -0.25) is 4.90 Å². The zero-order valence-electron chi connectivity index (χ0n) is 22.5. The number of fused-ring (bicyclic) bond motifs is 1. The van der Waals surface area contributed by atoms with Crippen LogP contribution in [0.15, 0.2) is 43.2 Å². The van der Waals surface area contributed by atoms with E-state index in [9.17, 15) is 8.42 Å². The quantitative estimate of drug-likeness (QED) is 0.266. The summed E-state index contributed by atoms with van der Waals surface area (Å²) in [5.41, 5.74) is 4.44. The fourth-order valence-corrected chi connectivity index (χ4v) is 8.81. The monoisotopic (exact) mass is 599 g/mol. The number of sulfonamides is 1. The van der Waals surface area contributed by atoms with Crippen molar-refractivity contribution in [1.29, 1.82) is 0 Å². The first-order valence-electron chi connectivity index (χ1n) is 12.9. The maximum absolute atomic E-state index is 13.3. The summed E-state index contributed by atoms with van der Waals surface area (Å²) < 4.78 is 40.1. The second-order valence-corrected chi connectivity index (χ2v) is 14.1. The highest BCUT2D eigenvalue weighted by atomic mass is 32.2. The van der Waals surface area contributed by atoms with Crippen molar-refractivity contribution in [3.05, 3.63) is 47.1 Å². The number of nitrogens with one attached hydrogen (secondary N) is 1. The zero-order chi connectivity index (χ0) is 28.0. The Balaban J connectivity index is 1.08. The molecule has 14 heteroatoms. The summed E-state index contributed by atoms with van der Waals surface area (Å²) >= 11 is 2.80. The predicted octanol–water partition coefficient (Wildman–Crippen LogP) is 4.79. The Morgan fingerprint density at radius 1 is 1.07 bits per heavy atom. The first-order valence-corrected chi connectivity index (χ1v) is 16.0. The van der Waals surface area contributed by atoms with Crippen molar-refractivity contribution in [1.82, 2.24) is 29.5 Å². The van der Waals surface area contributed by atoms with Crippen molar-refractivity contribution in [3.8, 4) is 21.8 Å². The molecule has 0 saturated carbocycles.